The molecule has 0 spiro atoms. The molecule has 1 amide bonds. The Hall–Kier alpha value is -1.35. The van der Waals surface area contributed by atoms with Crippen molar-refractivity contribution >= 4 is 5.91 Å². The van der Waals surface area contributed by atoms with E-state index >= 15 is 0 Å². The minimum Gasteiger partial charge on any atom is -0.352 e. The highest BCUT2D eigenvalue weighted by atomic mass is 16.1. The highest BCUT2D eigenvalue weighted by Crippen LogP contribution is 2.31. The summed E-state index contributed by atoms with van der Waals surface area (Å²) >= 11 is 0. The van der Waals surface area contributed by atoms with Crippen LogP contribution in [0.3, 0.4) is 0 Å². The molecule has 1 aromatic carbocycles. The third kappa shape index (κ3) is 4.07. The van der Waals surface area contributed by atoms with Gasteiger partial charge in [-0.15, -0.1) is 0 Å². The van der Waals surface area contributed by atoms with Crippen LogP contribution in [0.1, 0.15) is 54.9 Å². The molecule has 1 aliphatic rings. The second kappa shape index (κ2) is 7.44. The molecule has 0 heterocycles. The van der Waals surface area contributed by atoms with E-state index in [1.807, 2.05) is 24.3 Å². The summed E-state index contributed by atoms with van der Waals surface area (Å²) in [6.45, 7) is 3.64. The van der Waals surface area contributed by atoms with E-state index in [2.05, 4.69) is 12.2 Å². The van der Waals surface area contributed by atoms with Gasteiger partial charge in [0.05, 0.1) is 0 Å². The standard InChI is InChI=1S/C17H26N2O/c1-13-4-2-3-5-15(13)10-11-19-17(20)16-8-6-14(12-18)7-9-16/h6-9,13,15H,2-5,10-12,18H2,1H3,(H,19,20). The Morgan fingerprint density at radius 1 is 1.25 bits per heavy atom. The zero-order valence-electron chi connectivity index (χ0n) is 12.4. The van der Waals surface area contributed by atoms with Gasteiger partial charge in [0, 0.05) is 18.7 Å². The summed E-state index contributed by atoms with van der Waals surface area (Å²) in [5.74, 6) is 1.62. The summed E-state index contributed by atoms with van der Waals surface area (Å²) in [7, 11) is 0. The maximum absolute atomic E-state index is 12.0. The topological polar surface area (TPSA) is 55.1 Å². The molecule has 1 aromatic rings. The van der Waals surface area contributed by atoms with Crippen molar-refractivity contribution < 1.29 is 4.79 Å². The van der Waals surface area contributed by atoms with Crippen molar-refractivity contribution in [2.24, 2.45) is 17.6 Å². The van der Waals surface area contributed by atoms with Crippen molar-refractivity contribution in [3.63, 3.8) is 0 Å². The van der Waals surface area contributed by atoms with E-state index in [0.29, 0.717) is 6.54 Å². The average molecular weight is 274 g/mol. The summed E-state index contributed by atoms with van der Waals surface area (Å²) in [5, 5.41) is 3.03. The van der Waals surface area contributed by atoms with Crippen molar-refractivity contribution in [1.82, 2.24) is 5.32 Å². The van der Waals surface area contributed by atoms with E-state index in [1.165, 1.54) is 25.7 Å². The summed E-state index contributed by atoms with van der Waals surface area (Å²) in [5.41, 5.74) is 7.33. The average Bonchev–Trinajstić information content (AvgIpc) is 2.49. The molecular formula is C17H26N2O. The highest BCUT2D eigenvalue weighted by molar-refractivity contribution is 5.94. The lowest BCUT2D eigenvalue weighted by molar-refractivity contribution is 0.0948. The first-order valence-electron chi connectivity index (χ1n) is 7.78. The summed E-state index contributed by atoms with van der Waals surface area (Å²) in [6, 6.07) is 7.53. The number of hydrogen-bond donors (Lipinski definition) is 2. The maximum Gasteiger partial charge on any atom is 0.251 e. The Morgan fingerprint density at radius 3 is 2.60 bits per heavy atom. The number of rotatable bonds is 5. The highest BCUT2D eigenvalue weighted by Gasteiger charge is 2.20. The van der Waals surface area contributed by atoms with Crippen LogP contribution in [-0.4, -0.2) is 12.5 Å². The fourth-order valence-electron chi connectivity index (χ4n) is 3.09. The molecule has 2 unspecified atom stereocenters. The number of nitrogens with two attached hydrogens (primary N) is 1. The third-order valence-corrected chi connectivity index (χ3v) is 4.54. The molecule has 3 nitrogen and oxygen atoms in total. The Labute approximate surface area is 121 Å². The molecule has 20 heavy (non-hydrogen) atoms. The van der Waals surface area contributed by atoms with Crippen LogP contribution < -0.4 is 11.1 Å². The Morgan fingerprint density at radius 2 is 1.95 bits per heavy atom. The minimum atomic E-state index is 0.0250. The van der Waals surface area contributed by atoms with Gasteiger partial charge in [-0.2, -0.15) is 0 Å². The first kappa shape index (κ1) is 15.0. The lowest BCUT2D eigenvalue weighted by Crippen LogP contribution is -2.28. The summed E-state index contributed by atoms with van der Waals surface area (Å²) in [6.07, 6.45) is 6.50. The molecule has 3 heteroatoms. The van der Waals surface area contributed by atoms with E-state index in [0.717, 1.165) is 35.9 Å². The maximum atomic E-state index is 12.0. The van der Waals surface area contributed by atoms with Gasteiger partial charge in [-0.3, -0.25) is 4.79 Å². The monoisotopic (exact) mass is 274 g/mol. The Bertz CT molecular complexity index is 427. The van der Waals surface area contributed by atoms with Gasteiger partial charge < -0.3 is 11.1 Å². The van der Waals surface area contributed by atoms with E-state index in [-0.39, 0.29) is 5.91 Å². The number of nitrogens with one attached hydrogen (secondary N) is 1. The molecule has 0 bridgehead atoms. The van der Waals surface area contributed by atoms with E-state index < -0.39 is 0 Å². The van der Waals surface area contributed by atoms with Crippen LogP contribution >= 0.6 is 0 Å². The third-order valence-electron chi connectivity index (χ3n) is 4.54. The van der Waals surface area contributed by atoms with Crippen LogP contribution in [0.2, 0.25) is 0 Å². The number of carbonyl (C=O) groups excluding carboxylic acids is 1. The molecule has 1 saturated carbocycles. The van der Waals surface area contributed by atoms with Crippen molar-refractivity contribution in [3.8, 4) is 0 Å². The van der Waals surface area contributed by atoms with E-state index in [4.69, 9.17) is 5.73 Å². The van der Waals surface area contributed by atoms with Gasteiger partial charge in [-0.05, 0) is 36.0 Å². The van der Waals surface area contributed by atoms with Gasteiger partial charge in [0.25, 0.3) is 5.91 Å². The summed E-state index contributed by atoms with van der Waals surface area (Å²) in [4.78, 5) is 12.0. The fourth-order valence-corrected chi connectivity index (χ4v) is 3.09. The van der Waals surface area contributed by atoms with Crippen LogP contribution in [0, 0.1) is 11.8 Å². The molecule has 110 valence electrons. The number of benzene rings is 1. The summed E-state index contributed by atoms with van der Waals surface area (Å²) < 4.78 is 0. The first-order valence-corrected chi connectivity index (χ1v) is 7.78. The second-order valence-electron chi connectivity index (χ2n) is 5.97. The fraction of sp³-hybridized carbons (Fsp3) is 0.588. The molecule has 1 aliphatic carbocycles. The van der Waals surface area contributed by atoms with Crippen molar-refractivity contribution in [2.45, 2.75) is 45.6 Å². The predicted octanol–water partition coefficient (Wildman–Crippen LogP) is 3.09. The van der Waals surface area contributed by atoms with Gasteiger partial charge >= 0.3 is 0 Å². The second-order valence-corrected chi connectivity index (χ2v) is 5.97. The number of carbonyl (C=O) groups is 1. The van der Waals surface area contributed by atoms with Crippen molar-refractivity contribution in [3.05, 3.63) is 35.4 Å². The van der Waals surface area contributed by atoms with Crippen molar-refractivity contribution in [1.29, 1.82) is 0 Å². The number of hydrogen-bond acceptors (Lipinski definition) is 2. The van der Waals surface area contributed by atoms with Crippen LogP contribution in [0.15, 0.2) is 24.3 Å². The molecule has 3 N–H and O–H groups in total. The number of amides is 1. The molecular weight excluding hydrogens is 248 g/mol. The SMILES string of the molecule is CC1CCCCC1CCNC(=O)c1ccc(CN)cc1. The van der Waals surface area contributed by atoms with E-state index in [1.54, 1.807) is 0 Å². The van der Waals surface area contributed by atoms with Crippen LogP contribution in [-0.2, 0) is 6.54 Å². The van der Waals surface area contributed by atoms with Crippen LogP contribution in [0.25, 0.3) is 0 Å². The zero-order valence-corrected chi connectivity index (χ0v) is 12.4. The van der Waals surface area contributed by atoms with Crippen LogP contribution in [0.4, 0.5) is 0 Å². The largest absolute Gasteiger partial charge is 0.352 e. The molecule has 0 radical (unpaired) electrons. The molecule has 1 fully saturated rings. The predicted molar refractivity (Wildman–Crippen MR) is 82.4 cm³/mol. The Kier molecular flexibility index (Phi) is 5.60. The van der Waals surface area contributed by atoms with Gasteiger partial charge in [0.15, 0.2) is 0 Å². The lowest BCUT2D eigenvalue weighted by Gasteiger charge is -2.28. The Balaban J connectivity index is 1.76. The molecule has 0 saturated heterocycles. The zero-order chi connectivity index (χ0) is 14.4. The normalized spacial score (nSPS) is 22.5. The first-order chi connectivity index (χ1) is 9.70. The van der Waals surface area contributed by atoms with Gasteiger partial charge in [-0.1, -0.05) is 44.7 Å². The molecule has 0 aliphatic heterocycles. The van der Waals surface area contributed by atoms with Gasteiger partial charge in [0.1, 0.15) is 0 Å². The van der Waals surface area contributed by atoms with Crippen LogP contribution in [0.5, 0.6) is 0 Å². The van der Waals surface area contributed by atoms with Crippen molar-refractivity contribution in [2.75, 3.05) is 6.54 Å². The smallest absolute Gasteiger partial charge is 0.251 e. The molecule has 0 aromatic heterocycles. The van der Waals surface area contributed by atoms with Gasteiger partial charge in [-0.25, -0.2) is 0 Å². The quantitative estimate of drug-likeness (QED) is 0.867. The minimum absolute atomic E-state index is 0.0250. The molecule has 2 atom stereocenters. The molecule has 2 rings (SSSR count). The lowest BCUT2D eigenvalue weighted by atomic mass is 9.79. The van der Waals surface area contributed by atoms with Gasteiger partial charge in [0.2, 0.25) is 0 Å². The van der Waals surface area contributed by atoms with E-state index in [9.17, 15) is 4.79 Å².